The van der Waals surface area contributed by atoms with Crippen molar-refractivity contribution in [2.24, 2.45) is 0 Å². The molecule has 1 aromatic carbocycles. The van der Waals surface area contributed by atoms with Gasteiger partial charge in [0, 0.05) is 11.5 Å². The molecule has 0 aromatic heterocycles. The second kappa shape index (κ2) is 5.14. The van der Waals surface area contributed by atoms with Crippen LogP contribution in [-0.2, 0) is 6.42 Å². The zero-order chi connectivity index (χ0) is 9.68. The van der Waals surface area contributed by atoms with Crippen molar-refractivity contribution in [3.63, 3.8) is 0 Å². The van der Waals surface area contributed by atoms with Crippen LogP contribution in [0.4, 0.5) is 0 Å². The highest BCUT2D eigenvalue weighted by molar-refractivity contribution is 7.98. The van der Waals surface area contributed by atoms with Gasteiger partial charge in [-0.15, -0.1) is 11.8 Å². The number of methoxy groups -OCH3 is 1. The van der Waals surface area contributed by atoms with E-state index in [2.05, 4.69) is 6.07 Å². The average Bonchev–Trinajstić information content (AvgIpc) is 2.18. The Hall–Kier alpha value is -0.670. The van der Waals surface area contributed by atoms with Crippen molar-refractivity contribution in [1.82, 2.24) is 0 Å². The summed E-state index contributed by atoms with van der Waals surface area (Å²) in [5.74, 6) is 0.854. The fraction of sp³-hybridized carbons (Fsp3) is 0.400. The zero-order valence-corrected chi connectivity index (χ0v) is 8.73. The Labute approximate surface area is 82.9 Å². The van der Waals surface area contributed by atoms with Crippen LogP contribution < -0.4 is 4.74 Å². The standard InChI is InChI=1S/C10H14O2S/c1-12-10-4-3-9(13-2)7-8(10)5-6-11/h3-4,7,11H,5-6H2,1-2H3. The molecular formula is C10H14O2S. The number of hydrogen-bond acceptors (Lipinski definition) is 3. The van der Waals surface area contributed by atoms with E-state index < -0.39 is 0 Å². The van der Waals surface area contributed by atoms with E-state index in [1.165, 1.54) is 4.90 Å². The van der Waals surface area contributed by atoms with Gasteiger partial charge >= 0.3 is 0 Å². The molecule has 0 aliphatic rings. The van der Waals surface area contributed by atoms with Crippen LogP contribution in [0.3, 0.4) is 0 Å². The lowest BCUT2D eigenvalue weighted by Crippen LogP contribution is -1.95. The maximum absolute atomic E-state index is 8.84. The Morgan fingerprint density at radius 1 is 1.46 bits per heavy atom. The number of hydrogen-bond donors (Lipinski definition) is 1. The molecule has 0 saturated heterocycles. The maximum atomic E-state index is 8.84. The molecule has 0 aliphatic carbocycles. The first kappa shape index (κ1) is 10.4. The summed E-state index contributed by atoms with van der Waals surface area (Å²) in [6.45, 7) is 0.161. The molecule has 0 spiro atoms. The Balaban J connectivity index is 2.95. The van der Waals surface area contributed by atoms with Crippen LogP contribution in [-0.4, -0.2) is 25.1 Å². The van der Waals surface area contributed by atoms with Gasteiger partial charge in [-0.25, -0.2) is 0 Å². The summed E-state index contributed by atoms with van der Waals surface area (Å²) in [4.78, 5) is 1.20. The van der Waals surface area contributed by atoms with Crippen molar-refractivity contribution in [1.29, 1.82) is 0 Å². The first-order valence-electron chi connectivity index (χ1n) is 4.13. The number of thioether (sulfide) groups is 1. The zero-order valence-electron chi connectivity index (χ0n) is 7.91. The molecule has 72 valence electrons. The van der Waals surface area contributed by atoms with Crippen LogP contribution in [0.5, 0.6) is 5.75 Å². The van der Waals surface area contributed by atoms with Gasteiger partial charge in [-0.05, 0) is 36.4 Å². The highest BCUT2D eigenvalue weighted by Gasteiger charge is 2.02. The largest absolute Gasteiger partial charge is 0.496 e. The van der Waals surface area contributed by atoms with Gasteiger partial charge in [-0.2, -0.15) is 0 Å². The third-order valence-electron chi connectivity index (χ3n) is 1.87. The molecular weight excluding hydrogens is 184 g/mol. The van der Waals surface area contributed by atoms with Crippen LogP contribution >= 0.6 is 11.8 Å². The topological polar surface area (TPSA) is 29.5 Å². The van der Waals surface area contributed by atoms with E-state index in [0.29, 0.717) is 6.42 Å². The van der Waals surface area contributed by atoms with Crippen LogP contribution in [0.15, 0.2) is 23.1 Å². The van der Waals surface area contributed by atoms with Gasteiger partial charge in [-0.1, -0.05) is 0 Å². The minimum Gasteiger partial charge on any atom is -0.496 e. The average molecular weight is 198 g/mol. The van der Waals surface area contributed by atoms with E-state index in [0.717, 1.165) is 11.3 Å². The molecule has 0 radical (unpaired) electrons. The minimum absolute atomic E-state index is 0.161. The van der Waals surface area contributed by atoms with Gasteiger partial charge < -0.3 is 9.84 Å². The van der Waals surface area contributed by atoms with Gasteiger partial charge in [0.25, 0.3) is 0 Å². The van der Waals surface area contributed by atoms with E-state index >= 15 is 0 Å². The van der Waals surface area contributed by atoms with Crippen LogP contribution in [0.1, 0.15) is 5.56 Å². The molecule has 0 saturated carbocycles. The van der Waals surface area contributed by atoms with Crippen molar-refractivity contribution in [3.05, 3.63) is 23.8 Å². The first-order valence-corrected chi connectivity index (χ1v) is 5.36. The number of rotatable bonds is 4. The van der Waals surface area contributed by atoms with Crippen molar-refractivity contribution in [2.45, 2.75) is 11.3 Å². The molecule has 0 aliphatic heterocycles. The normalized spacial score (nSPS) is 10.1. The Kier molecular flexibility index (Phi) is 4.12. The van der Waals surface area contributed by atoms with Gasteiger partial charge in [0.1, 0.15) is 5.75 Å². The second-order valence-corrected chi connectivity index (χ2v) is 3.53. The predicted octanol–water partition coefficient (Wildman–Crippen LogP) is 1.95. The van der Waals surface area contributed by atoms with E-state index in [9.17, 15) is 0 Å². The number of ether oxygens (including phenoxy) is 1. The Morgan fingerprint density at radius 2 is 2.23 bits per heavy atom. The van der Waals surface area contributed by atoms with Crippen molar-refractivity contribution in [2.75, 3.05) is 20.0 Å². The molecule has 0 bridgehead atoms. The van der Waals surface area contributed by atoms with Gasteiger partial charge in [-0.3, -0.25) is 0 Å². The van der Waals surface area contributed by atoms with Crippen LogP contribution in [0, 0.1) is 0 Å². The summed E-state index contributed by atoms with van der Waals surface area (Å²) in [5.41, 5.74) is 1.07. The first-order chi connectivity index (χ1) is 6.31. The molecule has 3 heteroatoms. The lowest BCUT2D eigenvalue weighted by molar-refractivity contribution is 0.296. The molecule has 13 heavy (non-hydrogen) atoms. The SMILES string of the molecule is COc1ccc(SC)cc1CCO. The Bertz CT molecular complexity index is 274. The third-order valence-corrected chi connectivity index (χ3v) is 2.59. The smallest absolute Gasteiger partial charge is 0.122 e. The third kappa shape index (κ3) is 2.64. The van der Waals surface area contributed by atoms with Crippen molar-refractivity contribution in [3.8, 4) is 5.75 Å². The summed E-state index contributed by atoms with van der Waals surface area (Å²) in [6, 6.07) is 6.01. The fourth-order valence-corrected chi connectivity index (χ4v) is 1.66. The highest BCUT2D eigenvalue weighted by atomic mass is 32.2. The quantitative estimate of drug-likeness (QED) is 0.750. The molecule has 0 atom stereocenters. The van der Waals surface area contributed by atoms with E-state index in [1.54, 1.807) is 18.9 Å². The van der Waals surface area contributed by atoms with E-state index in [4.69, 9.17) is 9.84 Å². The molecule has 1 aromatic rings. The lowest BCUT2D eigenvalue weighted by atomic mass is 10.1. The summed E-state index contributed by atoms with van der Waals surface area (Å²) >= 11 is 1.69. The molecule has 0 unspecified atom stereocenters. The predicted molar refractivity (Wildman–Crippen MR) is 55.6 cm³/mol. The molecule has 0 heterocycles. The molecule has 2 nitrogen and oxygen atoms in total. The molecule has 0 fully saturated rings. The van der Waals surface area contributed by atoms with E-state index in [1.807, 2.05) is 18.4 Å². The van der Waals surface area contributed by atoms with Gasteiger partial charge in [0.15, 0.2) is 0 Å². The summed E-state index contributed by atoms with van der Waals surface area (Å²) in [5, 5.41) is 8.84. The highest BCUT2D eigenvalue weighted by Crippen LogP contribution is 2.24. The second-order valence-electron chi connectivity index (χ2n) is 2.65. The lowest BCUT2D eigenvalue weighted by Gasteiger charge is -2.08. The number of aliphatic hydroxyl groups excluding tert-OH is 1. The fourth-order valence-electron chi connectivity index (χ4n) is 1.20. The van der Waals surface area contributed by atoms with Crippen molar-refractivity contribution < 1.29 is 9.84 Å². The molecule has 0 amide bonds. The van der Waals surface area contributed by atoms with Crippen LogP contribution in [0.2, 0.25) is 0 Å². The Morgan fingerprint density at radius 3 is 2.77 bits per heavy atom. The van der Waals surface area contributed by atoms with Crippen LogP contribution in [0.25, 0.3) is 0 Å². The summed E-state index contributed by atoms with van der Waals surface area (Å²) in [6.07, 6.45) is 2.68. The minimum atomic E-state index is 0.161. The van der Waals surface area contributed by atoms with Gasteiger partial charge in [0.2, 0.25) is 0 Å². The monoisotopic (exact) mass is 198 g/mol. The maximum Gasteiger partial charge on any atom is 0.122 e. The van der Waals surface area contributed by atoms with Crippen molar-refractivity contribution >= 4 is 11.8 Å². The molecule has 1 N–H and O–H groups in total. The summed E-state index contributed by atoms with van der Waals surface area (Å²) in [7, 11) is 1.65. The molecule has 1 rings (SSSR count). The number of aliphatic hydroxyl groups is 1. The summed E-state index contributed by atoms with van der Waals surface area (Å²) < 4.78 is 5.18. The van der Waals surface area contributed by atoms with Gasteiger partial charge in [0.05, 0.1) is 7.11 Å². The number of benzene rings is 1. The van der Waals surface area contributed by atoms with E-state index in [-0.39, 0.29) is 6.61 Å².